The van der Waals surface area contributed by atoms with Gasteiger partial charge >= 0.3 is 5.97 Å². The number of hydrogen-bond acceptors (Lipinski definition) is 4. The van der Waals surface area contributed by atoms with Crippen molar-refractivity contribution in [3.8, 4) is 0 Å². The first-order valence-electron chi connectivity index (χ1n) is 7.15. The van der Waals surface area contributed by atoms with E-state index in [2.05, 4.69) is 10.2 Å². The Morgan fingerprint density at radius 2 is 2.11 bits per heavy atom. The van der Waals surface area contributed by atoms with Gasteiger partial charge in [-0.15, -0.1) is 0 Å². The number of hydrogen-bond donors (Lipinski definition) is 2. The average molecular weight is 272 g/mol. The van der Waals surface area contributed by atoms with Crippen molar-refractivity contribution >= 4 is 5.97 Å². The van der Waals surface area contributed by atoms with Gasteiger partial charge in [-0.3, -0.25) is 4.79 Å². The van der Waals surface area contributed by atoms with Crippen LogP contribution in [0.4, 0.5) is 0 Å². The van der Waals surface area contributed by atoms with Gasteiger partial charge in [-0.25, -0.2) is 0 Å². The molecule has 1 fully saturated rings. The van der Waals surface area contributed by atoms with E-state index in [1.807, 2.05) is 0 Å². The minimum Gasteiger partial charge on any atom is -0.480 e. The maximum Gasteiger partial charge on any atom is 0.323 e. The van der Waals surface area contributed by atoms with Crippen molar-refractivity contribution in [2.45, 2.75) is 38.1 Å². The molecule has 5 nitrogen and oxygen atoms in total. The van der Waals surface area contributed by atoms with Gasteiger partial charge < -0.3 is 20.1 Å². The molecule has 1 saturated heterocycles. The molecule has 1 heterocycles. The summed E-state index contributed by atoms with van der Waals surface area (Å²) in [4.78, 5) is 13.6. The summed E-state index contributed by atoms with van der Waals surface area (Å²) in [5, 5.41) is 12.1. The van der Waals surface area contributed by atoms with E-state index in [1.165, 1.54) is 12.8 Å². The third kappa shape index (κ3) is 5.09. The van der Waals surface area contributed by atoms with Crippen LogP contribution in [0.15, 0.2) is 0 Å². The summed E-state index contributed by atoms with van der Waals surface area (Å²) in [5.74, 6) is -0.0725. The zero-order chi connectivity index (χ0) is 14.3. The van der Waals surface area contributed by atoms with Crippen LogP contribution in [0.25, 0.3) is 0 Å². The Bertz CT molecular complexity index is 278. The maximum absolute atomic E-state index is 11.2. The number of ether oxygens (including phenoxy) is 1. The Balaban J connectivity index is 2.22. The predicted octanol–water partition coefficient (Wildman–Crippen LogP) is 1.19. The van der Waals surface area contributed by atoms with Crippen LogP contribution in [0, 0.1) is 5.92 Å². The molecule has 0 radical (unpaired) electrons. The highest BCUT2D eigenvalue weighted by atomic mass is 16.5. The zero-order valence-corrected chi connectivity index (χ0v) is 12.4. The largest absolute Gasteiger partial charge is 0.480 e. The van der Waals surface area contributed by atoms with E-state index in [0.29, 0.717) is 12.3 Å². The van der Waals surface area contributed by atoms with Gasteiger partial charge in [0.25, 0.3) is 0 Å². The van der Waals surface area contributed by atoms with Gasteiger partial charge in [0.05, 0.1) is 0 Å². The van der Waals surface area contributed by atoms with E-state index in [9.17, 15) is 9.90 Å². The lowest BCUT2D eigenvalue weighted by molar-refractivity contribution is -0.144. The summed E-state index contributed by atoms with van der Waals surface area (Å²) in [6.45, 7) is 5.82. The number of nitrogens with one attached hydrogen (secondary N) is 1. The first kappa shape index (κ1) is 16.4. The SMILES string of the molecule is CNC(C)(CCCN1CCC(COC)CC1)C(=O)O. The molecule has 19 heavy (non-hydrogen) atoms. The molecular weight excluding hydrogens is 244 g/mol. The Labute approximate surface area is 116 Å². The monoisotopic (exact) mass is 272 g/mol. The Hall–Kier alpha value is -0.650. The second kappa shape index (κ2) is 7.82. The van der Waals surface area contributed by atoms with Crippen LogP contribution in [0.5, 0.6) is 0 Å². The number of aliphatic carboxylic acids is 1. The Morgan fingerprint density at radius 1 is 1.47 bits per heavy atom. The third-order valence-electron chi connectivity index (χ3n) is 4.28. The smallest absolute Gasteiger partial charge is 0.323 e. The van der Waals surface area contributed by atoms with Crippen molar-refractivity contribution in [1.82, 2.24) is 10.2 Å². The van der Waals surface area contributed by atoms with Gasteiger partial charge in [0.2, 0.25) is 0 Å². The Morgan fingerprint density at radius 3 is 2.58 bits per heavy atom. The highest BCUT2D eigenvalue weighted by Gasteiger charge is 2.30. The van der Waals surface area contributed by atoms with E-state index in [-0.39, 0.29) is 0 Å². The number of carbonyl (C=O) groups is 1. The fourth-order valence-electron chi connectivity index (χ4n) is 2.61. The lowest BCUT2D eigenvalue weighted by Gasteiger charge is -2.32. The fraction of sp³-hybridized carbons (Fsp3) is 0.929. The van der Waals surface area contributed by atoms with E-state index >= 15 is 0 Å². The van der Waals surface area contributed by atoms with Crippen LogP contribution in [0.2, 0.25) is 0 Å². The van der Waals surface area contributed by atoms with Crippen molar-refractivity contribution in [1.29, 1.82) is 0 Å². The zero-order valence-electron chi connectivity index (χ0n) is 12.4. The van der Waals surface area contributed by atoms with Gasteiger partial charge in [-0.1, -0.05) is 0 Å². The second-order valence-electron chi connectivity index (χ2n) is 5.73. The molecule has 0 saturated carbocycles. The van der Waals surface area contributed by atoms with Crippen LogP contribution in [0.1, 0.15) is 32.6 Å². The first-order valence-corrected chi connectivity index (χ1v) is 7.15. The minimum atomic E-state index is -0.797. The Kier molecular flexibility index (Phi) is 6.75. The van der Waals surface area contributed by atoms with Gasteiger partial charge in [-0.2, -0.15) is 0 Å². The van der Waals surface area contributed by atoms with Crippen molar-refractivity contribution in [3.63, 3.8) is 0 Å². The molecule has 1 aliphatic heterocycles. The molecule has 0 aromatic carbocycles. The number of nitrogens with zero attached hydrogens (tertiary/aromatic N) is 1. The van der Waals surface area contributed by atoms with Crippen LogP contribution < -0.4 is 5.32 Å². The number of likely N-dealkylation sites (tertiary alicyclic amines) is 1. The summed E-state index contributed by atoms with van der Waals surface area (Å²) in [6.07, 6.45) is 3.96. The highest BCUT2D eigenvalue weighted by Crippen LogP contribution is 2.19. The summed E-state index contributed by atoms with van der Waals surface area (Å²) >= 11 is 0. The molecule has 1 atom stereocenters. The molecule has 1 aliphatic rings. The highest BCUT2D eigenvalue weighted by molar-refractivity contribution is 5.78. The molecule has 0 spiro atoms. The minimum absolute atomic E-state index is 0.664. The molecule has 112 valence electrons. The number of carboxylic acids is 1. The lowest BCUT2D eigenvalue weighted by atomic mass is 9.94. The molecule has 5 heteroatoms. The molecular formula is C14H28N2O3. The van der Waals surface area contributed by atoms with E-state index in [4.69, 9.17) is 4.74 Å². The van der Waals surface area contributed by atoms with E-state index in [1.54, 1.807) is 21.1 Å². The number of rotatable bonds is 8. The van der Waals surface area contributed by atoms with Gasteiger partial charge in [0, 0.05) is 13.7 Å². The quantitative estimate of drug-likeness (QED) is 0.695. The molecule has 2 N–H and O–H groups in total. The van der Waals surface area contributed by atoms with Gasteiger partial charge in [-0.05, 0) is 65.2 Å². The topological polar surface area (TPSA) is 61.8 Å². The predicted molar refractivity (Wildman–Crippen MR) is 75.4 cm³/mol. The molecule has 1 unspecified atom stereocenters. The van der Waals surface area contributed by atoms with Crippen molar-refractivity contribution in [2.24, 2.45) is 5.92 Å². The van der Waals surface area contributed by atoms with E-state index < -0.39 is 11.5 Å². The molecule has 0 bridgehead atoms. The lowest BCUT2D eigenvalue weighted by Crippen LogP contribution is -2.48. The third-order valence-corrected chi connectivity index (χ3v) is 4.28. The van der Waals surface area contributed by atoms with E-state index in [0.717, 1.165) is 32.7 Å². The first-order chi connectivity index (χ1) is 9.01. The summed E-state index contributed by atoms with van der Waals surface area (Å²) in [5.41, 5.74) is -0.797. The fourth-order valence-corrected chi connectivity index (χ4v) is 2.61. The molecule has 1 rings (SSSR count). The normalized spacial score (nSPS) is 21.2. The number of carboxylic acid groups (broad SMARTS) is 1. The number of likely N-dealkylation sites (N-methyl/N-ethyl adjacent to an activating group) is 1. The van der Waals surface area contributed by atoms with Crippen LogP contribution >= 0.6 is 0 Å². The van der Waals surface area contributed by atoms with Crippen molar-refractivity contribution in [2.75, 3.05) is 40.4 Å². The molecule has 0 aromatic heterocycles. The maximum atomic E-state index is 11.2. The summed E-state index contributed by atoms with van der Waals surface area (Å²) in [6, 6.07) is 0. The van der Waals surface area contributed by atoms with Crippen LogP contribution in [-0.2, 0) is 9.53 Å². The summed E-state index contributed by atoms with van der Waals surface area (Å²) < 4.78 is 5.19. The van der Waals surface area contributed by atoms with Gasteiger partial charge in [0.15, 0.2) is 0 Å². The molecule has 0 amide bonds. The van der Waals surface area contributed by atoms with Crippen LogP contribution in [0.3, 0.4) is 0 Å². The van der Waals surface area contributed by atoms with Crippen molar-refractivity contribution in [3.05, 3.63) is 0 Å². The van der Waals surface area contributed by atoms with Gasteiger partial charge in [0.1, 0.15) is 5.54 Å². The molecule has 0 aromatic rings. The average Bonchev–Trinajstić information content (AvgIpc) is 2.40. The van der Waals surface area contributed by atoms with Crippen LogP contribution in [-0.4, -0.2) is 61.9 Å². The second-order valence-corrected chi connectivity index (χ2v) is 5.73. The number of methoxy groups -OCH3 is 1. The van der Waals surface area contributed by atoms with Crippen molar-refractivity contribution < 1.29 is 14.6 Å². The number of piperidine rings is 1. The molecule has 0 aliphatic carbocycles. The summed E-state index contributed by atoms with van der Waals surface area (Å²) in [7, 11) is 3.47. The standard InChI is InChI=1S/C14H28N2O3/c1-14(15-2,13(17)18)7-4-8-16-9-5-12(6-10-16)11-19-3/h12,15H,4-11H2,1-3H3,(H,17,18).